The zero-order valence-electron chi connectivity index (χ0n) is 15.4. The van der Waals surface area contributed by atoms with Gasteiger partial charge in [-0.05, 0) is 24.1 Å². The number of carbonyl (C=O) groups is 3. The van der Waals surface area contributed by atoms with Gasteiger partial charge in [0.2, 0.25) is 17.7 Å². The van der Waals surface area contributed by atoms with Crippen molar-refractivity contribution in [3.05, 3.63) is 35.6 Å². The van der Waals surface area contributed by atoms with Crippen LogP contribution in [-0.4, -0.2) is 29.8 Å². The van der Waals surface area contributed by atoms with Crippen LogP contribution in [0.2, 0.25) is 0 Å². The molecule has 6 nitrogen and oxygen atoms in total. The number of nitrogens with two attached hydrogens (primary N) is 1. The van der Waals surface area contributed by atoms with Crippen LogP contribution in [-0.2, 0) is 20.8 Å². The van der Waals surface area contributed by atoms with E-state index in [-0.39, 0.29) is 18.1 Å². The second-order valence-corrected chi connectivity index (χ2v) is 6.40. The highest BCUT2D eigenvalue weighted by molar-refractivity contribution is 5.91. The highest BCUT2D eigenvalue weighted by Crippen LogP contribution is 2.09. The molecule has 7 heteroatoms. The van der Waals surface area contributed by atoms with Crippen molar-refractivity contribution in [3.63, 3.8) is 0 Å². The molecule has 0 fully saturated rings. The molecule has 3 amide bonds. The van der Waals surface area contributed by atoms with E-state index in [1.807, 2.05) is 0 Å². The summed E-state index contributed by atoms with van der Waals surface area (Å²) >= 11 is 0. The standard InChI is InChI=1S/C19H28FN3O3/c1-3-4-5-6-7-16(18(21)25)23-19(26)17(22-13(2)24)12-14-8-10-15(20)11-9-14/h8-11,16-17H,3-7,12H2,1-2H3,(H2,21,25)(H,22,24)(H,23,26)/t16-,17-/m1/s1. The molecule has 1 aromatic carbocycles. The van der Waals surface area contributed by atoms with Crippen LogP contribution in [0.1, 0.15) is 51.5 Å². The Labute approximate surface area is 153 Å². The molecular formula is C19H28FN3O3. The number of rotatable bonds is 11. The number of hydrogen-bond acceptors (Lipinski definition) is 3. The van der Waals surface area contributed by atoms with Crippen LogP contribution < -0.4 is 16.4 Å². The minimum absolute atomic E-state index is 0.188. The summed E-state index contributed by atoms with van der Waals surface area (Å²) in [5.74, 6) is -1.83. The number of halogens is 1. The Bertz CT molecular complexity index is 605. The molecule has 0 aliphatic heterocycles. The van der Waals surface area contributed by atoms with Crippen LogP contribution in [0.25, 0.3) is 0 Å². The van der Waals surface area contributed by atoms with E-state index in [1.165, 1.54) is 19.1 Å². The fourth-order valence-corrected chi connectivity index (χ4v) is 2.64. The van der Waals surface area contributed by atoms with E-state index in [1.54, 1.807) is 12.1 Å². The smallest absolute Gasteiger partial charge is 0.243 e. The van der Waals surface area contributed by atoms with Gasteiger partial charge in [-0.25, -0.2) is 4.39 Å². The van der Waals surface area contributed by atoms with Gasteiger partial charge in [-0.15, -0.1) is 0 Å². The minimum Gasteiger partial charge on any atom is -0.368 e. The van der Waals surface area contributed by atoms with Crippen LogP contribution in [0.5, 0.6) is 0 Å². The summed E-state index contributed by atoms with van der Waals surface area (Å²) in [5.41, 5.74) is 6.08. The number of primary amides is 1. The largest absolute Gasteiger partial charge is 0.368 e. The highest BCUT2D eigenvalue weighted by Gasteiger charge is 2.25. The predicted octanol–water partition coefficient (Wildman–Crippen LogP) is 1.81. The molecule has 144 valence electrons. The minimum atomic E-state index is -0.865. The third-order valence-corrected chi connectivity index (χ3v) is 4.05. The summed E-state index contributed by atoms with van der Waals surface area (Å²) in [6, 6.07) is 4.04. The first-order chi connectivity index (χ1) is 12.3. The van der Waals surface area contributed by atoms with E-state index < -0.39 is 23.9 Å². The normalized spacial score (nSPS) is 12.9. The quantitative estimate of drug-likeness (QED) is 0.521. The van der Waals surface area contributed by atoms with Gasteiger partial charge in [-0.1, -0.05) is 44.7 Å². The lowest BCUT2D eigenvalue weighted by Gasteiger charge is -2.21. The van der Waals surface area contributed by atoms with Gasteiger partial charge in [0.05, 0.1) is 0 Å². The van der Waals surface area contributed by atoms with Gasteiger partial charge >= 0.3 is 0 Å². The van der Waals surface area contributed by atoms with E-state index in [2.05, 4.69) is 17.6 Å². The van der Waals surface area contributed by atoms with Crippen molar-refractivity contribution in [2.75, 3.05) is 0 Å². The first kappa shape index (κ1) is 21.6. The molecule has 0 radical (unpaired) electrons. The first-order valence-corrected chi connectivity index (χ1v) is 8.94. The molecule has 0 spiro atoms. The summed E-state index contributed by atoms with van der Waals surface area (Å²) in [7, 11) is 0. The molecule has 0 saturated heterocycles. The van der Waals surface area contributed by atoms with Gasteiger partial charge in [0.15, 0.2) is 0 Å². The molecule has 1 aromatic rings. The maximum absolute atomic E-state index is 13.0. The highest BCUT2D eigenvalue weighted by atomic mass is 19.1. The molecule has 0 aliphatic rings. The van der Waals surface area contributed by atoms with Crippen LogP contribution in [0.4, 0.5) is 4.39 Å². The molecule has 26 heavy (non-hydrogen) atoms. The van der Waals surface area contributed by atoms with Crippen LogP contribution in [0.15, 0.2) is 24.3 Å². The third-order valence-electron chi connectivity index (χ3n) is 4.05. The van der Waals surface area contributed by atoms with Gasteiger partial charge in [-0.3, -0.25) is 14.4 Å². The van der Waals surface area contributed by atoms with Crippen molar-refractivity contribution in [1.82, 2.24) is 10.6 Å². The average Bonchev–Trinajstić information content (AvgIpc) is 2.58. The van der Waals surface area contributed by atoms with E-state index in [0.29, 0.717) is 12.0 Å². The maximum Gasteiger partial charge on any atom is 0.243 e. The maximum atomic E-state index is 13.0. The van der Waals surface area contributed by atoms with Gasteiger partial charge < -0.3 is 16.4 Å². The zero-order chi connectivity index (χ0) is 19.5. The summed E-state index contributed by atoms with van der Waals surface area (Å²) in [5, 5.41) is 5.19. The first-order valence-electron chi connectivity index (χ1n) is 8.94. The second-order valence-electron chi connectivity index (χ2n) is 6.40. The van der Waals surface area contributed by atoms with E-state index in [4.69, 9.17) is 5.73 Å². The molecule has 4 N–H and O–H groups in total. The average molecular weight is 365 g/mol. The van der Waals surface area contributed by atoms with Crippen LogP contribution >= 0.6 is 0 Å². The number of hydrogen-bond donors (Lipinski definition) is 3. The number of carbonyl (C=O) groups excluding carboxylic acids is 3. The molecule has 0 aliphatic carbocycles. The Morgan fingerprint density at radius 3 is 2.23 bits per heavy atom. The van der Waals surface area contributed by atoms with E-state index >= 15 is 0 Å². The molecule has 0 bridgehead atoms. The Balaban J connectivity index is 2.74. The second kappa shape index (κ2) is 11.2. The SMILES string of the molecule is CCCCCC[C@@H](NC(=O)[C@@H](Cc1ccc(F)cc1)NC(C)=O)C(N)=O. The van der Waals surface area contributed by atoms with Crippen molar-refractivity contribution < 1.29 is 18.8 Å². The van der Waals surface area contributed by atoms with Gasteiger partial charge in [0, 0.05) is 13.3 Å². The fourth-order valence-electron chi connectivity index (χ4n) is 2.64. The lowest BCUT2D eigenvalue weighted by atomic mass is 10.0. The summed E-state index contributed by atoms with van der Waals surface area (Å²) in [6.07, 6.45) is 4.51. The Morgan fingerprint density at radius 1 is 1.04 bits per heavy atom. The summed E-state index contributed by atoms with van der Waals surface area (Å²) < 4.78 is 13.0. The zero-order valence-corrected chi connectivity index (χ0v) is 15.4. The molecule has 1 rings (SSSR count). The van der Waals surface area contributed by atoms with Gasteiger partial charge in [0.25, 0.3) is 0 Å². The van der Waals surface area contributed by atoms with Crippen molar-refractivity contribution in [3.8, 4) is 0 Å². The molecule has 0 aromatic heterocycles. The Morgan fingerprint density at radius 2 is 1.69 bits per heavy atom. The Hall–Kier alpha value is -2.44. The van der Waals surface area contributed by atoms with Gasteiger partial charge in [0.1, 0.15) is 17.9 Å². The number of amides is 3. The fraction of sp³-hybridized carbons (Fsp3) is 0.526. The lowest BCUT2D eigenvalue weighted by Crippen LogP contribution is -2.53. The molecular weight excluding hydrogens is 337 g/mol. The van der Waals surface area contributed by atoms with Crippen LogP contribution in [0, 0.1) is 5.82 Å². The summed E-state index contributed by atoms with van der Waals surface area (Å²) in [6.45, 7) is 3.39. The molecule has 2 atom stereocenters. The number of nitrogens with one attached hydrogen (secondary N) is 2. The van der Waals surface area contributed by atoms with E-state index in [9.17, 15) is 18.8 Å². The van der Waals surface area contributed by atoms with Crippen molar-refractivity contribution >= 4 is 17.7 Å². The van der Waals surface area contributed by atoms with Crippen LogP contribution in [0.3, 0.4) is 0 Å². The topological polar surface area (TPSA) is 101 Å². The van der Waals surface area contributed by atoms with Gasteiger partial charge in [-0.2, -0.15) is 0 Å². The van der Waals surface area contributed by atoms with Crippen molar-refractivity contribution in [2.24, 2.45) is 5.73 Å². The summed E-state index contributed by atoms with van der Waals surface area (Å²) in [4.78, 5) is 35.6. The molecule has 0 saturated carbocycles. The lowest BCUT2D eigenvalue weighted by molar-refractivity contribution is -0.130. The molecule has 0 heterocycles. The Kier molecular flexibility index (Phi) is 9.33. The van der Waals surface area contributed by atoms with E-state index in [0.717, 1.165) is 25.7 Å². The van der Waals surface area contributed by atoms with Crippen molar-refractivity contribution in [1.29, 1.82) is 0 Å². The monoisotopic (exact) mass is 365 g/mol. The predicted molar refractivity (Wildman–Crippen MR) is 97.6 cm³/mol. The third kappa shape index (κ3) is 8.09. The molecule has 0 unspecified atom stereocenters. The number of unbranched alkanes of at least 4 members (excludes halogenated alkanes) is 3. The van der Waals surface area contributed by atoms with Crippen molar-refractivity contribution in [2.45, 2.75) is 64.5 Å². The number of benzene rings is 1.